The first kappa shape index (κ1) is 21.0. The number of hydrogen-bond donors (Lipinski definition) is 3. The predicted octanol–water partition coefficient (Wildman–Crippen LogP) is 2.00. The largest absolute Gasteiger partial charge is 0.279 e. The molecule has 1 aliphatic rings. The van der Waals surface area contributed by atoms with E-state index in [0.29, 0.717) is 4.88 Å². The average Bonchev–Trinajstić information content (AvgIpc) is 3.01. The lowest BCUT2D eigenvalue weighted by atomic mass is 10.1. The predicted molar refractivity (Wildman–Crippen MR) is 111 cm³/mol. The maximum Gasteiger partial charge on any atom is 0.279 e. The summed E-state index contributed by atoms with van der Waals surface area (Å²) in [7, 11) is -3.72. The van der Waals surface area contributed by atoms with Crippen LogP contribution in [0.2, 0.25) is 0 Å². The Morgan fingerprint density at radius 3 is 2.45 bits per heavy atom. The van der Waals surface area contributed by atoms with Gasteiger partial charge in [-0.25, -0.2) is 8.42 Å². The highest BCUT2D eigenvalue weighted by molar-refractivity contribution is 7.89. The molecule has 0 saturated heterocycles. The summed E-state index contributed by atoms with van der Waals surface area (Å²) in [6, 6.07) is 7.21. The van der Waals surface area contributed by atoms with Crippen molar-refractivity contribution in [3.63, 3.8) is 0 Å². The highest BCUT2D eigenvalue weighted by Crippen LogP contribution is 2.28. The second-order valence-corrected chi connectivity index (χ2v) is 9.48. The van der Waals surface area contributed by atoms with Crippen molar-refractivity contribution in [2.24, 2.45) is 0 Å². The Morgan fingerprint density at radius 1 is 1.03 bits per heavy atom. The first-order chi connectivity index (χ1) is 13.9. The van der Waals surface area contributed by atoms with Crippen molar-refractivity contribution in [3.05, 3.63) is 51.2 Å². The van der Waals surface area contributed by atoms with Gasteiger partial charge in [0.25, 0.3) is 11.8 Å². The van der Waals surface area contributed by atoms with Crippen molar-refractivity contribution in [3.8, 4) is 12.3 Å². The summed E-state index contributed by atoms with van der Waals surface area (Å²) in [5.74, 6) is 1.28. The Hall–Kier alpha value is -2.67. The van der Waals surface area contributed by atoms with Gasteiger partial charge in [-0.05, 0) is 61.6 Å². The Balaban J connectivity index is 1.59. The van der Waals surface area contributed by atoms with E-state index in [0.717, 1.165) is 25.7 Å². The molecule has 1 aromatic heterocycles. The molecule has 3 rings (SSSR count). The number of carbonyl (C=O) groups excluding carboxylic acids is 2. The fourth-order valence-corrected chi connectivity index (χ4v) is 5.12. The first-order valence-electron chi connectivity index (χ1n) is 9.16. The second-order valence-electron chi connectivity index (χ2n) is 6.58. The van der Waals surface area contributed by atoms with Crippen molar-refractivity contribution >= 4 is 33.2 Å². The number of aryl methyl sites for hydroxylation is 2. The van der Waals surface area contributed by atoms with Crippen LogP contribution in [0.3, 0.4) is 0 Å². The molecule has 152 valence electrons. The van der Waals surface area contributed by atoms with Crippen LogP contribution in [0.15, 0.2) is 35.2 Å². The van der Waals surface area contributed by atoms with Gasteiger partial charge in [0.1, 0.15) is 0 Å². The summed E-state index contributed by atoms with van der Waals surface area (Å²) < 4.78 is 26.2. The summed E-state index contributed by atoms with van der Waals surface area (Å²) in [5, 5.41) is 0. The van der Waals surface area contributed by atoms with Crippen LogP contribution in [0.1, 0.15) is 49.7 Å². The summed E-state index contributed by atoms with van der Waals surface area (Å²) >= 11 is 1.46. The van der Waals surface area contributed by atoms with Gasteiger partial charge in [-0.1, -0.05) is 12.3 Å². The van der Waals surface area contributed by atoms with Crippen molar-refractivity contribution < 1.29 is 18.0 Å². The number of hydrogen-bond acceptors (Lipinski definition) is 5. The summed E-state index contributed by atoms with van der Waals surface area (Å²) in [4.78, 5) is 26.4. The van der Waals surface area contributed by atoms with Crippen LogP contribution in [-0.2, 0) is 22.9 Å². The molecule has 1 aromatic carbocycles. The van der Waals surface area contributed by atoms with Gasteiger partial charge in [0.2, 0.25) is 10.0 Å². The highest BCUT2D eigenvalue weighted by Gasteiger charge is 2.18. The van der Waals surface area contributed by atoms with Gasteiger partial charge in [0.05, 0.1) is 16.3 Å². The summed E-state index contributed by atoms with van der Waals surface area (Å²) in [5.41, 5.74) is 6.21. The molecule has 7 nitrogen and oxygen atoms in total. The molecule has 1 aliphatic carbocycles. The Morgan fingerprint density at radius 2 is 1.72 bits per heavy atom. The molecule has 0 unspecified atom stereocenters. The van der Waals surface area contributed by atoms with E-state index >= 15 is 0 Å². The van der Waals surface area contributed by atoms with E-state index in [-0.39, 0.29) is 22.9 Å². The molecule has 2 amide bonds. The van der Waals surface area contributed by atoms with Crippen molar-refractivity contribution in [2.75, 3.05) is 6.54 Å². The smallest absolute Gasteiger partial charge is 0.267 e. The van der Waals surface area contributed by atoms with E-state index in [1.165, 1.54) is 52.5 Å². The van der Waals surface area contributed by atoms with Gasteiger partial charge in [0, 0.05) is 10.4 Å². The zero-order valence-corrected chi connectivity index (χ0v) is 17.3. The van der Waals surface area contributed by atoms with Crippen LogP contribution in [0, 0.1) is 12.3 Å². The lowest BCUT2D eigenvalue weighted by Gasteiger charge is -2.08. The number of hydrazine groups is 1. The second kappa shape index (κ2) is 9.22. The van der Waals surface area contributed by atoms with Gasteiger partial charge in [-0.2, -0.15) is 4.72 Å². The third-order valence-electron chi connectivity index (χ3n) is 4.55. The standard InChI is InChI=1S/C20H21N3O4S2/c1-2-12-21-29(26,27)16-10-8-14(9-11-16)19(24)22-23-20(25)18-13-15-6-4-3-5-7-17(15)28-18/h1,8-11,13,21H,3-7,12H2,(H,22,24)(H,23,25). The number of thiophene rings is 1. The number of rotatable bonds is 5. The van der Waals surface area contributed by atoms with E-state index in [9.17, 15) is 18.0 Å². The monoisotopic (exact) mass is 431 g/mol. The molecule has 9 heteroatoms. The molecule has 3 N–H and O–H groups in total. The van der Waals surface area contributed by atoms with E-state index in [1.807, 2.05) is 6.07 Å². The zero-order chi connectivity index (χ0) is 20.9. The number of carbonyl (C=O) groups is 2. The van der Waals surface area contributed by atoms with Crippen molar-refractivity contribution in [1.82, 2.24) is 15.6 Å². The SMILES string of the molecule is C#CCNS(=O)(=O)c1ccc(C(=O)NNC(=O)c2cc3c(s2)CCCCC3)cc1. The maximum absolute atomic E-state index is 12.4. The molecule has 0 spiro atoms. The van der Waals surface area contributed by atoms with Crippen LogP contribution in [0.4, 0.5) is 0 Å². The lowest BCUT2D eigenvalue weighted by Crippen LogP contribution is -2.41. The molecule has 0 atom stereocenters. The van der Waals surface area contributed by atoms with E-state index in [4.69, 9.17) is 6.42 Å². The van der Waals surface area contributed by atoms with Crippen LogP contribution in [-0.4, -0.2) is 26.8 Å². The fourth-order valence-electron chi connectivity index (χ4n) is 3.03. The Bertz CT molecular complexity index is 1030. The number of nitrogens with one attached hydrogen (secondary N) is 3. The number of amides is 2. The van der Waals surface area contributed by atoms with Crippen LogP contribution >= 0.6 is 11.3 Å². The lowest BCUT2D eigenvalue weighted by molar-refractivity contribution is 0.0849. The fraction of sp³-hybridized carbons (Fsp3) is 0.300. The first-order valence-corrected chi connectivity index (χ1v) is 11.5. The number of terminal acetylenes is 1. The van der Waals surface area contributed by atoms with Crippen LogP contribution < -0.4 is 15.6 Å². The van der Waals surface area contributed by atoms with Gasteiger partial charge in [-0.3, -0.25) is 20.4 Å². The van der Waals surface area contributed by atoms with Gasteiger partial charge in [-0.15, -0.1) is 17.8 Å². The van der Waals surface area contributed by atoms with E-state index < -0.39 is 15.9 Å². The molecule has 0 radical (unpaired) electrons. The number of sulfonamides is 1. The molecule has 0 bridgehead atoms. The van der Waals surface area contributed by atoms with E-state index in [1.54, 1.807) is 0 Å². The minimum absolute atomic E-state index is 0.00609. The Kier molecular flexibility index (Phi) is 6.69. The zero-order valence-electron chi connectivity index (χ0n) is 15.7. The third-order valence-corrected chi connectivity index (χ3v) is 7.20. The molecule has 29 heavy (non-hydrogen) atoms. The maximum atomic E-state index is 12.4. The van der Waals surface area contributed by atoms with Crippen LogP contribution in [0.25, 0.3) is 0 Å². The Labute approximate surface area is 173 Å². The summed E-state index contributed by atoms with van der Waals surface area (Å²) in [6.07, 6.45) is 10.5. The number of benzene rings is 1. The molecule has 1 heterocycles. The normalized spacial score (nSPS) is 13.6. The molecule has 2 aromatic rings. The minimum atomic E-state index is -3.72. The highest BCUT2D eigenvalue weighted by atomic mass is 32.2. The van der Waals surface area contributed by atoms with Crippen molar-refractivity contribution in [2.45, 2.75) is 37.0 Å². The molecular formula is C20H21N3O4S2. The third kappa shape index (κ3) is 5.23. The summed E-state index contributed by atoms with van der Waals surface area (Å²) in [6.45, 7) is -0.122. The van der Waals surface area contributed by atoms with Gasteiger partial charge in [0.15, 0.2) is 0 Å². The average molecular weight is 432 g/mol. The van der Waals surface area contributed by atoms with Crippen LogP contribution in [0.5, 0.6) is 0 Å². The minimum Gasteiger partial charge on any atom is -0.267 e. The molecular weight excluding hydrogens is 410 g/mol. The quantitative estimate of drug-likeness (QED) is 0.383. The number of fused-ring (bicyclic) bond motifs is 1. The molecule has 0 fully saturated rings. The van der Waals surface area contributed by atoms with Gasteiger partial charge < -0.3 is 0 Å². The topological polar surface area (TPSA) is 104 Å². The van der Waals surface area contributed by atoms with Crippen molar-refractivity contribution in [1.29, 1.82) is 0 Å². The van der Waals surface area contributed by atoms with Gasteiger partial charge >= 0.3 is 0 Å². The van der Waals surface area contributed by atoms with E-state index in [2.05, 4.69) is 21.5 Å². The molecule has 0 saturated carbocycles. The molecule has 0 aliphatic heterocycles.